The first-order chi connectivity index (χ1) is 6.63. The zero-order valence-corrected chi connectivity index (χ0v) is 8.84. The molecule has 0 fully saturated rings. The molecule has 0 aliphatic heterocycles. The summed E-state index contributed by atoms with van der Waals surface area (Å²) in [6.07, 6.45) is 0. The Balaban J connectivity index is 2.80. The van der Waals surface area contributed by atoms with Crippen molar-refractivity contribution in [2.75, 3.05) is 6.61 Å². The van der Waals surface area contributed by atoms with Crippen molar-refractivity contribution in [3.8, 4) is 5.75 Å². The third-order valence-electron chi connectivity index (χ3n) is 1.67. The molecule has 0 unspecified atom stereocenters. The molecule has 0 spiro atoms. The second-order valence-electron chi connectivity index (χ2n) is 3.16. The zero-order chi connectivity index (χ0) is 10.6. The Morgan fingerprint density at radius 2 is 2.29 bits per heavy atom. The fraction of sp³-hybridized carbons (Fsp3) is 0.273. The minimum Gasteiger partial charge on any atom is -0.489 e. The number of ether oxygens (including phenoxy) is 1. The van der Waals surface area contributed by atoms with E-state index >= 15 is 0 Å². The number of hydrogen-bond donors (Lipinski definition) is 1. The van der Waals surface area contributed by atoms with E-state index in [9.17, 15) is 0 Å². The first-order valence-corrected chi connectivity index (χ1v) is 4.67. The predicted octanol–water partition coefficient (Wildman–Crippen LogP) is 2.79. The van der Waals surface area contributed by atoms with Crippen molar-refractivity contribution in [1.29, 1.82) is 0 Å². The van der Waals surface area contributed by atoms with E-state index in [0.29, 0.717) is 22.9 Å². The highest BCUT2D eigenvalue weighted by molar-refractivity contribution is 6.30. The first-order valence-electron chi connectivity index (χ1n) is 4.30. The number of hydrogen-bond acceptors (Lipinski definition) is 2. The highest BCUT2D eigenvalue weighted by Crippen LogP contribution is 2.23. The fourth-order valence-corrected chi connectivity index (χ4v) is 1.21. The molecular formula is C11H13ClO2. The maximum atomic E-state index is 9.05. The average Bonchev–Trinajstić information content (AvgIpc) is 2.15. The summed E-state index contributed by atoms with van der Waals surface area (Å²) in [6, 6.07) is 5.17. The van der Waals surface area contributed by atoms with Gasteiger partial charge in [-0.3, -0.25) is 0 Å². The maximum Gasteiger partial charge on any atom is 0.125 e. The van der Waals surface area contributed by atoms with Gasteiger partial charge in [-0.1, -0.05) is 18.2 Å². The van der Waals surface area contributed by atoms with E-state index in [1.54, 1.807) is 18.2 Å². The summed E-state index contributed by atoms with van der Waals surface area (Å²) in [7, 11) is 0. The lowest BCUT2D eigenvalue weighted by Crippen LogP contribution is -2.00. The summed E-state index contributed by atoms with van der Waals surface area (Å²) in [5, 5.41) is 9.64. The van der Waals surface area contributed by atoms with Crippen LogP contribution in [0.4, 0.5) is 0 Å². The van der Waals surface area contributed by atoms with Crippen molar-refractivity contribution >= 4 is 11.6 Å². The molecule has 0 saturated carbocycles. The second kappa shape index (κ2) is 5.03. The summed E-state index contributed by atoms with van der Waals surface area (Å²) in [6.45, 7) is 5.99. The van der Waals surface area contributed by atoms with Crippen molar-refractivity contribution in [3.05, 3.63) is 40.9 Å². The molecule has 0 bridgehead atoms. The molecule has 0 saturated heterocycles. The summed E-state index contributed by atoms with van der Waals surface area (Å²) >= 11 is 5.77. The van der Waals surface area contributed by atoms with Gasteiger partial charge in [0.05, 0.1) is 6.61 Å². The molecule has 0 aromatic heterocycles. The lowest BCUT2D eigenvalue weighted by molar-refractivity contribution is 0.269. The lowest BCUT2D eigenvalue weighted by Gasteiger charge is -2.09. The minimum absolute atomic E-state index is 0.0773. The Kier molecular flexibility index (Phi) is 3.98. The molecule has 1 aromatic rings. The number of aliphatic hydroxyl groups excluding tert-OH is 1. The van der Waals surface area contributed by atoms with Gasteiger partial charge in [-0.05, 0) is 30.7 Å². The highest BCUT2D eigenvalue weighted by atomic mass is 35.5. The highest BCUT2D eigenvalue weighted by Gasteiger charge is 2.03. The van der Waals surface area contributed by atoms with Crippen LogP contribution in [0.1, 0.15) is 12.5 Å². The van der Waals surface area contributed by atoms with Gasteiger partial charge in [-0.15, -0.1) is 0 Å². The molecule has 14 heavy (non-hydrogen) atoms. The Morgan fingerprint density at radius 3 is 2.86 bits per heavy atom. The Hall–Kier alpha value is -0.990. The molecule has 1 aromatic carbocycles. The quantitative estimate of drug-likeness (QED) is 0.778. The van der Waals surface area contributed by atoms with E-state index in [2.05, 4.69) is 6.58 Å². The van der Waals surface area contributed by atoms with Crippen LogP contribution in [0, 0.1) is 0 Å². The first kappa shape index (κ1) is 11.1. The molecule has 76 valence electrons. The predicted molar refractivity (Wildman–Crippen MR) is 57.7 cm³/mol. The van der Waals surface area contributed by atoms with Crippen LogP contribution in [-0.2, 0) is 6.61 Å². The van der Waals surface area contributed by atoms with Gasteiger partial charge in [0, 0.05) is 10.6 Å². The number of benzene rings is 1. The number of halogens is 1. The van der Waals surface area contributed by atoms with E-state index in [1.165, 1.54) is 0 Å². The molecular weight excluding hydrogens is 200 g/mol. The van der Waals surface area contributed by atoms with Crippen molar-refractivity contribution < 1.29 is 9.84 Å². The Morgan fingerprint density at radius 1 is 1.57 bits per heavy atom. The molecule has 0 radical (unpaired) electrons. The molecule has 2 nitrogen and oxygen atoms in total. The van der Waals surface area contributed by atoms with Crippen LogP contribution in [0.25, 0.3) is 0 Å². The molecule has 0 amide bonds. The maximum absolute atomic E-state index is 9.05. The van der Waals surface area contributed by atoms with Crippen LogP contribution >= 0.6 is 11.6 Å². The van der Waals surface area contributed by atoms with E-state index in [-0.39, 0.29) is 6.61 Å². The van der Waals surface area contributed by atoms with Crippen LogP contribution < -0.4 is 4.74 Å². The van der Waals surface area contributed by atoms with Crippen LogP contribution in [0.5, 0.6) is 5.75 Å². The lowest BCUT2D eigenvalue weighted by atomic mass is 10.2. The van der Waals surface area contributed by atoms with Crippen molar-refractivity contribution in [1.82, 2.24) is 0 Å². The van der Waals surface area contributed by atoms with Gasteiger partial charge in [0.1, 0.15) is 12.4 Å². The van der Waals surface area contributed by atoms with Crippen molar-refractivity contribution in [2.45, 2.75) is 13.5 Å². The van der Waals surface area contributed by atoms with Gasteiger partial charge >= 0.3 is 0 Å². The SMILES string of the molecule is C=C(C)COc1ccc(Cl)cc1CO. The van der Waals surface area contributed by atoms with Crippen LogP contribution in [-0.4, -0.2) is 11.7 Å². The summed E-state index contributed by atoms with van der Waals surface area (Å²) in [5.41, 5.74) is 1.63. The molecule has 0 aliphatic rings. The molecule has 0 atom stereocenters. The average molecular weight is 213 g/mol. The number of aliphatic hydroxyl groups is 1. The summed E-state index contributed by atoms with van der Waals surface area (Å²) in [5.74, 6) is 0.653. The van der Waals surface area contributed by atoms with E-state index in [4.69, 9.17) is 21.4 Å². The van der Waals surface area contributed by atoms with Gasteiger partial charge in [-0.2, -0.15) is 0 Å². The van der Waals surface area contributed by atoms with Crippen LogP contribution in [0.2, 0.25) is 5.02 Å². The third-order valence-corrected chi connectivity index (χ3v) is 1.90. The van der Waals surface area contributed by atoms with E-state index in [1.807, 2.05) is 6.92 Å². The normalized spacial score (nSPS) is 9.93. The molecule has 0 aliphatic carbocycles. The molecule has 1 rings (SSSR count). The smallest absolute Gasteiger partial charge is 0.125 e. The molecule has 1 N–H and O–H groups in total. The topological polar surface area (TPSA) is 29.5 Å². The van der Waals surface area contributed by atoms with E-state index < -0.39 is 0 Å². The van der Waals surface area contributed by atoms with Gasteiger partial charge in [-0.25, -0.2) is 0 Å². The minimum atomic E-state index is -0.0773. The Labute approximate surface area is 88.8 Å². The molecule has 3 heteroatoms. The number of rotatable bonds is 4. The van der Waals surface area contributed by atoms with Gasteiger partial charge in [0.2, 0.25) is 0 Å². The summed E-state index contributed by atoms with van der Waals surface area (Å²) < 4.78 is 5.43. The standard InChI is InChI=1S/C11H13ClO2/c1-8(2)7-14-11-4-3-10(12)5-9(11)6-13/h3-5,13H,1,6-7H2,2H3. The van der Waals surface area contributed by atoms with E-state index in [0.717, 1.165) is 5.57 Å². The van der Waals surface area contributed by atoms with Gasteiger partial charge in [0.25, 0.3) is 0 Å². The zero-order valence-electron chi connectivity index (χ0n) is 8.09. The van der Waals surface area contributed by atoms with Crippen molar-refractivity contribution in [2.24, 2.45) is 0 Å². The third kappa shape index (κ3) is 3.05. The second-order valence-corrected chi connectivity index (χ2v) is 3.59. The van der Waals surface area contributed by atoms with Crippen LogP contribution in [0.3, 0.4) is 0 Å². The largest absolute Gasteiger partial charge is 0.489 e. The van der Waals surface area contributed by atoms with Gasteiger partial charge in [0.15, 0.2) is 0 Å². The summed E-state index contributed by atoms with van der Waals surface area (Å²) in [4.78, 5) is 0. The van der Waals surface area contributed by atoms with Crippen molar-refractivity contribution in [3.63, 3.8) is 0 Å². The van der Waals surface area contributed by atoms with Gasteiger partial charge < -0.3 is 9.84 Å². The Bertz CT molecular complexity index is 334. The monoisotopic (exact) mass is 212 g/mol. The van der Waals surface area contributed by atoms with Crippen LogP contribution in [0.15, 0.2) is 30.4 Å². The fourth-order valence-electron chi connectivity index (χ4n) is 1.01. The molecule has 0 heterocycles.